The Balaban J connectivity index is 1.70. The van der Waals surface area contributed by atoms with Gasteiger partial charge in [-0.05, 0) is 55.9 Å². The van der Waals surface area contributed by atoms with Crippen LogP contribution < -0.4 is 5.32 Å². The van der Waals surface area contributed by atoms with Gasteiger partial charge in [0.1, 0.15) is 23.5 Å². The fourth-order valence-corrected chi connectivity index (χ4v) is 3.22. The molecule has 2 aromatic heterocycles. The van der Waals surface area contributed by atoms with E-state index in [2.05, 4.69) is 69.6 Å². The number of fused-ring (bicyclic) bond motifs is 1. The number of aryl methyl sites for hydroxylation is 1. The number of phenols is 1. The molecule has 3 N–H and O–H groups in total. The normalized spacial score (nSPS) is 11.3. The van der Waals surface area contributed by atoms with Gasteiger partial charge in [0.25, 0.3) is 0 Å². The third kappa shape index (κ3) is 3.68. The zero-order valence-electron chi connectivity index (χ0n) is 16.2. The SMILES string of the molecule is Cc1ccc(Nc2ncnc3[nH]c(-c4cccc(CN(C)C)c4)cc23)cc1O. The van der Waals surface area contributed by atoms with Gasteiger partial charge in [-0.15, -0.1) is 0 Å². The molecule has 0 amide bonds. The highest BCUT2D eigenvalue weighted by atomic mass is 16.3. The van der Waals surface area contributed by atoms with Crippen LogP contribution in [0.2, 0.25) is 0 Å². The molecular formula is C22H23N5O. The van der Waals surface area contributed by atoms with E-state index in [0.29, 0.717) is 5.82 Å². The predicted molar refractivity (Wildman–Crippen MR) is 113 cm³/mol. The van der Waals surface area contributed by atoms with Crippen LogP contribution in [0.3, 0.4) is 0 Å². The van der Waals surface area contributed by atoms with Gasteiger partial charge in [-0.25, -0.2) is 9.97 Å². The first kappa shape index (κ1) is 18.0. The lowest BCUT2D eigenvalue weighted by Crippen LogP contribution is -2.10. The molecule has 0 aliphatic heterocycles. The second kappa shape index (κ2) is 7.32. The number of benzene rings is 2. The highest BCUT2D eigenvalue weighted by Gasteiger charge is 2.11. The molecule has 142 valence electrons. The van der Waals surface area contributed by atoms with Crippen LogP contribution in [0, 0.1) is 6.92 Å². The number of anilines is 2. The van der Waals surface area contributed by atoms with E-state index in [4.69, 9.17) is 0 Å². The number of rotatable bonds is 5. The summed E-state index contributed by atoms with van der Waals surface area (Å²) in [6.45, 7) is 2.75. The van der Waals surface area contributed by atoms with E-state index >= 15 is 0 Å². The third-order valence-electron chi connectivity index (χ3n) is 4.63. The molecule has 0 fully saturated rings. The van der Waals surface area contributed by atoms with Crippen molar-refractivity contribution in [3.63, 3.8) is 0 Å². The number of aromatic amines is 1. The van der Waals surface area contributed by atoms with E-state index in [9.17, 15) is 5.11 Å². The zero-order valence-corrected chi connectivity index (χ0v) is 16.2. The Hall–Kier alpha value is -3.38. The summed E-state index contributed by atoms with van der Waals surface area (Å²) in [5.41, 5.74) is 5.73. The maximum absolute atomic E-state index is 9.95. The molecule has 0 spiro atoms. The van der Waals surface area contributed by atoms with Gasteiger partial charge in [-0.1, -0.05) is 24.3 Å². The summed E-state index contributed by atoms with van der Waals surface area (Å²) in [4.78, 5) is 14.3. The fourth-order valence-electron chi connectivity index (χ4n) is 3.22. The van der Waals surface area contributed by atoms with Crippen LogP contribution in [0.15, 0.2) is 54.9 Å². The molecule has 2 heterocycles. The summed E-state index contributed by atoms with van der Waals surface area (Å²) in [6, 6.07) is 16.0. The molecule has 6 nitrogen and oxygen atoms in total. The first-order valence-electron chi connectivity index (χ1n) is 9.14. The van der Waals surface area contributed by atoms with Gasteiger partial charge in [-0.2, -0.15) is 0 Å². The van der Waals surface area contributed by atoms with Crippen molar-refractivity contribution in [1.29, 1.82) is 0 Å². The molecule has 2 aromatic carbocycles. The lowest BCUT2D eigenvalue weighted by Gasteiger charge is -2.10. The lowest BCUT2D eigenvalue weighted by atomic mass is 10.1. The van der Waals surface area contributed by atoms with Gasteiger partial charge in [-0.3, -0.25) is 0 Å². The van der Waals surface area contributed by atoms with Crippen LogP contribution in [0.1, 0.15) is 11.1 Å². The van der Waals surface area contributed by atoms with Crippen molar-refractivity contribution in [2.75, 3.05) is 19.4 Å². The number of nitrogens with zero attached hydrogens (tertiary/aromatic N) is 3. The molecule has 0 unspecified atom stereocenters. The smallest absolute Gasteiger partial charge is 0.143 e. The predicted octanol–water partition coefficient (Wildman–Crippen LogP) is 4.44. The Morgan fingerprint density at radius 2 is 1.93 bits per heavy atom. The Bertz CT molecular complexity index is 1130. The standard InChI is InChI=1S/C22H23N5O/c1-14-7-8-17(10-20(14)28)25-21-18-11-19(26-22(18)24-13-23-21)16-6-4-5-15(9-16)12-27(2)3/h4-11,13,28H,12H2,1-3H3,(H2,23,24,25,26). The second-order valence-electron chi connectivity index (χ2n) is 7.23. The largest absolute Gasteiger partial charge is 0.508 e. The highest BCUT2D eigenvalue weighted by molar-refractivity contribution is 5.93. The molecule has 4 aromatic rings. The number of H-pyrrole nitrogens is 1. The topological polar surface area (TPSA) is 77.1 Å². The van der Waals surface area contributed by atoms with Crippen LogP contribution in [0.4, 0.5) is 11.5 Å². The highest BCUT2D eigenvalue weighted by Crippen LogP contribution is 2.30. The van der Waals surface area contributed by atoms with Crippen molar-refractivity contribution < 1.29 is 5.11 Å². The Morgan fingerprint density at radius 3 is 2.71 bits per heavy atom. The lowest BCUT2D eigenvalue weighted by molar-refractivity contribution is 0.402. The van der Waals surface area contributed by atoms with Crippen LogP contribution in [-0.2, 0) is 6.54 Å². The van der Waals surface area contributed by atoms with Crippen LogP contribution in [0.5, 0.6) is 5.75 Å². The molecule has 0 bridgehead atoms. The van der Waals surface area contributed by atoms with E-state index in [1.54, 1.807) is 6.07 Å². The molecular weight excluding hydrogens is 350 g/mol. The second-order valence-corrected chi connectivity index (χ2v) is 7.23. The molecule has 6 heteroatoms. The van der Waals surface area contributed by atoms with Gasteiger partial charge >= 0.3 is 0 Å². The van der Waals surface area contributed by atoms with Crippen LogP contribution in [-0.4, -0.2) is 39.1 Å². The van der Waals surface area contributed by atoms with Gasteiger partial charge in [0, 0.05) is 24.0 Å². The number of hydrogen-bond donors (Lipinski definition) is 3. The summed E-state index contributed by atoms with van der Waals surface area (Å²) in [5, 5.41) is 14.1. The van der Waals surface area contributed by atoms with Crippen molar-refractivity contribution in [1.82, 2.24) is 19.9 Å². The molecule has 0 aliphatic carbocycles. The monoisotopic (exact) mass is 373 g/mol. The van der Waals surface area contributed by atoms with Crippen molar-refractivity contribution >= 4 is 22.5 Å². The molecule has 28 heavy (non-hydrogen) atoms. The average Bonchev–Trinajstić information content (AvgIpc) is 3.10. The summed E-state index contributed by atoms with van der Waals surface area (Å²) in [6.07, 6.45) is 1.53. The molecule has 0 aliphatic rings. The molecule has 0 atom stereocenters. The molecule has 4 rings (SSSR count). The average molecular weight is 373 g/mol. The maximum Gasteiger partial charge on any atom is 0.143 e. The van der Waals surface area contributed by atoms with Gasteiger partial charge in [0.15, 0.2) is 0 Å². The zero-order chi connectivity index (χ0) is 19.7. The molecule has 0 radical (unpaired) electrons. The van der Waals surface area contributed by atoms with Crippen molar-refractivity contribution in [2.24, 2.45) is 0 Å². The van der Waals surface area contributed by atoms with E-state index < -0.39 is 0 Å². The summed E-state index contributed by atoms with van der Waals surface area (Å²) >= 11 is 0. The van der Waals surface area contributed by atoms with Gasteiger partial charge in [0.2, 0.25) is 0 Å². The number of nitrogens with one attached hydrogen (secondary N) is 2. The minimum Gasteiger partial charge on any atom is -0.508 e. The van der Waals surface area contributed by atoms with E-state index in [1.807, 2.05) is 19.1 Å². The Kier molecular flexibility index (Phi) is 4.71. The third-order valence-corrected chi connectivity index (χ3v) is 4.63. The van der Waals surface area contributed by atoms with Crippen molar-refractivity contribution in [2.45, 2.75) is 13.5 Å². The summed E-state index contributed by atoms with van der Waals surface area (Å²) in [5.74, 6) is 0.947. The number of hydrogen-bond acceptors (Lipinski definition) is 5. The Labute approximate surface area is 163 Å². The van der Waals surface area contributed by atoms with Crippen LogP contribution >= 0.6 is 0 Å². The summed E-state index contributed by atoms with van der Waals surface area (Å²) in [7, 11) is 4.12. The molecule has 0 saturated heterocycles. The quantitative estimate of drug-likeness (QED) is 0.482. The Morgan fingerprint density at radius 1 is 1.07 bits per heavy atom. The number of aromatic hydroxyl groups is 1. The van der Waals surface area contributed by atoms with Gasteiger partial charge in [0.05, 0.1) is 5.39 Å². The number of aromatic nitrogens is 3. The fraction of sp³-hybridized carbons (Fsp3) is 0.182. The van der Waals surface area contributed by atoms with Crippen molar-refractivity contribution in [3.05, 3.63) is 66.0 Å². The summed E-state index contributed by atoms with van der Waals surface area (Å²) < 4.78 is 0. The van der Waals surface area contributed by atoms with Gasteiger partial charge < -0.3 is 20.3 Å². The molecule has 0 saturated carbocycles. The van der Waals surface area contributed by atoms with Crippen LogP contribution in [0.25, 0.3) is 22.3 Å². The number of phenolic OH excluding ortho intramolecular Hbond substituents is 1. The van der Waals surface area contributed by atoms with E-state index in [1.165, 1.54) is 11.9 Å². The maximum atomic E-state index is 9.95. The minimum atomic E-state index is 0.253. The first-order chi connectivity index (χ1) is 13.5. The van der Waals surface area contributed by atoms with E-state index in [0.717, 1.165) is 40.1 Å². The minimum absolute atomic E-state index is 0.253. The first-order valence-corrected chi connectivity index (χ1v) is 9.14. The van der Waals surface area contributed by atoms with Crippen molar-refractivity contribution in [3.8, 4) is 17.0 Å². The van der Waals surface area contributed by atoms with E-state index in [-0.39, 0.29) is 5.75 Å².